The molecule has 1 aromatic carbocycles. The summed E-state index contributed by atoms with van der Waals surface area (Å²) in [6, 6.07) is 5.16. The predicted octanol–water partition coefficient (Wildman–Crippen LogP) is 2.59. The normalized spacial score (nSPS) is 22.6. The Bertz CT molecular complexity index is 543. The topological polar surface area (TPSA) is 57.6 Å². The van der Waals surface area contributed by atoms with Crippen LogP contribution < -0.4 is 0 Å². The molecule has 1 aliphatic rings. The fraction of sp³-hybridized carbons (Fsp3) is 0.429. The number of hydrogen-bond acceptors (Lipinski definition) is 2. The van der Waals surface area contributed by atoms with Crippen molar-refractivity contribution in [1.29, 1.82) is 0 Å². The first-order chi connectivity index (χ1) is 8.83. The number of carboxylic acids is 1. The number of carbonyl (C=O) groups excluding carboxylic acids is 1. The maximum Gasteiger partial charge on any atom is 0.311 e. The zero-order valence-electron chi connectivity index (χ0n) is 10.9. The number of halogens is 1. The molecule has 0 spiro atoms. The largest absolute Gasteiger partial charge is 0.481 e. The first kappa shape index (κ1) is 13.9. The number of carbonyl (C=O) groups is 2. The van der Waals surface area contributed by atoms with E-state index in [-0.39, 0.29) is 12.5 Å². The summed E-state index contributed by atoms with van der Waals surface area (Å²) >= 11 is 5.91. The van der Waals surface area contributed by atoms with Crippen LogP contribution in [0.4, 0.5) is 0 Å². The maximum absolute atomic E-state index is 12.4. The van der Waals surface area contributed by atoms with E-state index >= 15 is 0 Å². The number of benzene rings is 1. The van der Waals surface area contributed by atoms with E-state index in [4.69, 9.17) is 11.6 Å². The summed E-state index contributed by atoms with van der Waals surface area (Å²) in [6.45, 7) is 4.23. The van der Waals surface area contributed by atoms with E-state index in [1.807, 2.05) is 6.92 Å². The number of aryl methyl sites for hydroxylation is 1. The van der Waals surface area contributed by atoms with Crippen molar-refractivity contribution in [1.82, 2.24) is 4.90 Å². The molecule has 1 saturated heterocycles. The van der Waals surface area contributed by atoms with E-state index in [9.17, 15) is 14.7 Å². The minimum absolute atomic E-state index is 0.148. The molecule has 0 bridgehead atoms. The van der Waals surface area contributed by atoms with Crippen LogP contribution in [0.5, 0.6) is 0 Å². The lowest BCUT2D eigenvalue weighted by atomic mass is 9.90. The highest BCUT2D eigenvalue weighted by atomic mass is 35.5. The summed E-state index contributed by atoms with van der Waals surface area (Å²) in [6.07, 6.45) is 0.480. The van der Waals surface area contributed by atoms with E-state index in [0.717, 1.165) is 5.56 Å². The van der Waals surface area contributed by atoms with Crippen molar-refractivity contribution < 1.29 is 14.7 Å². The maximum atomic E-state index is 12.4. The molecule has 102 valence electrons. The van der Waals surface area contributed by atoms with E-state index in [1.165, 1.54) is 0 Å². The van der Waals surface area contributed by atoms with Gasteiger partial charge in [0.15, 0.2) is 0 Å². The van der Waals surface area contributed by atoms with Gasteiger partial charge >= 0.3 is 5.97 Å². The van der Waals surface area contributed by atoms with Gasteiger partial charge in [-0.2, -0.15) is 0 Å². The van der Waals surface area contributed by atoms with Crippen LogP contribution in [0.1, 0.15) is 29.3 Å². The number of carboxylic acid groups (broad SMARTS) is 1. The number of rotatable bonds is 2. The van der Waals surface area contributed by atoms with E-state index < -0.39 is 11.4 Å². The lowest BCUT2D eigenvalue weighted by Crippen LogP contribution is -2.35. The highest BCUT2D eigenvalue weighted by Gasteiger charge is 2.42. The third kappa shape index (κ3) is 2.59. The Morgan fingerprint density at radius 3 is 2.68 bits per heavy atom. The number of aliphatic carboxylic acids is 1. The monoisotopic (exact) mass is 281 g/mol. The van der Waals surface area contributed by atoms with E-state index in [0.29, 0.717) is 23.6 Å². The Kier molecular flexibility index (Phi) is 3.54. The Labute approximate surface area is 117 Å². The average Bonchev–Trinajstić information content (AvgIpc) is 2.76. The van der Waals surface area contributed by atoms with Gasteiger partial charge in [-0.25, -0.2) is 0 Å². The van der Waals surface area contributed by atoms with Crippen LogP contribution in [0, 0.1) is 12.3 Å². The summed E-state index contributed by atoms with van der Waals surface area (Å²) in [5.74, 6) is -1.00. The quantitative estimate of drug-likeness (QED) is 0.906. The van der Waals surface area contributed by atoms with Gasteiger partial charge in [0.1, 0.15) is 0 Å². The standard InChI is InChI=1S/C14H16ClNO3/c1-9-3-4-10(15)7-11(9)12(17)16-6-5-14(2,8-16)13(18)19/h3-4,7H,5-6,8H2,1-2H3,(H,18,19). The van der Waals surface area contributed by atoms with Gasteiger partial charge in [0.2, 0.25) is 0 Å². The Hall–Kier alpha value is -1.55. The van der Waals surface area contributed by atoms with Crippen LogP contribution >= 0.6 is 11.6 Å². The van der Waals surface area contributed by atoms with Gasteiger partial charge in [-0.05, 0) is 38.0 Å². The second kappa shape index (κ2) is 4.85. The summed E-state index contributed by atoms with van der Waals surface area (Å²) in [5.41, 5.74) is 0.544. The van der Waals surface area contributed by atoms with Crippen molar-refractivity contribution in [3.63, 3.8) is 0 Å². The van der Waals surface area contributed by atoms with Crippen LogP contribution in [-0.2, 0) is 4.79 Å². The summed E-state index contributed by atoms with van der Waals surface area (Å²) in [7, 11) is 0. The van der Waals surface area contributed by atoms with Crippen molar-refractivity contribution >= 4 is 23.5 Å². The lowest BCUT2D eigenvalue weighted by molar-refractivity contribution is -0.147. The molecule has 0 aliphatic carbocycles. The van der Waals surface area contributed by atoms with Gasteiger partial charge in [0.25, 0.3) is 5.91 Å². The van der Waals surface area contributed by atoms with Gasteiger partial charge in [0.05, 0.1) is 5.41 Å². The van der Waals surface area contributed by atoms with Crippen molar-refractivity contribution in [3.8, 4) is 0 Å². The molecule has 5 heteroatoms. The molecule has 1 aromatic rings. The Balaban J connectivity index is 2.22. The molecule has 1 amide bonds. The highest BCUT2D eigenvalue weighted by Crippen LogP contribution is 2.31. The molecule has 4 nitrogen and oxygen atoms in total. The van der Waals surface area contributed by atoms with Crippen molar-refractivity contribution in [2.75, 3.05) is 13.1 Å². The van der Waals surface area contributed by atoms with Crippen LogP contribution in [0.15, 0.2) is 18.2 Å². The Morgan fingerprint density at radius 1 is 1.42 bits per heavy atom. The molecule has 1 heterocycles. The van der Waals surface area contributed by atoms with Gasteiger partial charge < -0.3 is 10.0 Å². The molecular formula is C14H16ClNO3. The smallest absolute Gasteiger partial charge is 0.311 e. The number of hydrogen-bond donors (Lipinski definition) is 1. The van der Waals surface area contributed by atoms with Crippen LogP contribution in [-0.4, -0.2) is 35.0 Å². The van der Waals surface area contributed by atoms with Crippen molar-refractivity contribution in [2.45, 2.75) is 20.3 Å². The molecule has 0 aromatic heterocycles. The minimum Gasteiger partial charge on any atom is -0.481 e. The summed E-state index contributed by atoms with van der Waals surface area (Å²) < 4.78 is 0. The van der Waals surface area contributed by atoms with Gasteiger partial charge in [-0.3, -0.25) is 9.59 Å². The van der Waals surface area contributed by atoms with Crippen molar-refractivity contribution in [2.24, 2.45) is 5.41 Å². The fourth-order valence-corrected chi connectivity index (χ4v) is 2.48. The van der Waals surface area contributed by atoms with Gasteiger partial charge in [0, 0.05) is 23.7 Å². The molecule has 1 unspecified atom stereocenters. The zero-order valence-corrected chi connectivity index (χ0v) is 11.7. The van der Waals surface area contributed by atoms with Crippen LogP contribution in [0.2, 0.25) is 5.02 Å². The highest BCUT2D eigenvalue weighted by molar-refractivity contribution is 6.31. The molecule has 1 fully saturated rings. The third-order valence-electron chi connectivity index (χ3n) is 3.71. The van der Waals surface area contributed by atoms with Crippen molar-refractivity contribution in [3.05, 3.63) is 34.3 Å². The summed E-state index contributed by atoms with van der Waals surface area (Å²) in [4.78, 5) is 25.2. The summed E-state index contributed by atoms with van der Waals surface area (Å²) in [5, 5.41) is 9.69. The molecular weight excluding hydrogens is 266 g/mol. The SMILES string of the molecule is Cc1ccc(Cl)cc1C(=O)N1CCC(C)(C(=O)O)C1. The Morgan fingerprint density at radius 2 is 2.11 bits per heavy atom. The average molecular weight is 282 g/mol. The number of amides is 1. The molecule has 1 aliphatic heterocycles. The van der Waals surface area contributed by atoms with E-state index in [2.05, 4.69) is 0 Å². The van der Waals surface area contributed by atoms with Crippen LogP contribution in [0.25, 0.3) is 0 Å². The fourth-order valence-electron chi connectivity index (χ4n) is 2.30. The van der Waals surface area contributed by atoms with Gasteiger partial charge in [-0.15, -0.1) is 0 Å². The van der Waals surface area contributed by atoms with Crippen LogP contribution in [0.3, 0.4) is 0 Å². The van der Waals surface area contributed by atoms with E-state index in [1.54, 1.807) is 30.0 Å². The minimum atomic E-state index is -0.856. The first-order valence-corrected chi connectivity index (χ1v) is 6.50. The lowest BCUT2D eigenvalue weighted by Gasteiger charge is -2.21. The second-order valence-corrected chi connectivity index (χ2v) is 5.74. The number of nitrogens with zero attached hydrogens (tertiary/aromatic N) is 1. The molecule has 19 heavy (non-hydrogen) atoms. The number of likely N-dealkylation sites (tertiary alicyclic amines) is 1. The van der Waals surface area contributed by atoms with Gasteiger partial charge in [-0.1, -0.05) is 17.7 Å². The molecule has 1 atom stereocenters. The molecule has 2 rings (SSSR count). The zero-order chi connectivity index (χ0) is 14.2. The predicted molar refractivity (Wildman–Crippen MR) is 72.5 cm³/mol. The molecule has 0 radical (unpaired) electrons. The third-order valence-corrected chi connectivity index (χ3v) is 3.94. The molecule has 1 N–H and O–H groups in total. The first-order valence-electron chi connectivity index (χ1n) is 6.12. The molecule has 0 saturated carbocycles. The second-order valence-electron chi connectivity index (χ2n) is 5.30.